The largest absolute Gasteiger partial charge is 0.394 e. The summed E-state index contributed by atoms with van der Waals surface area (Å²) in [7, 11) is 0. The molecule has 0 amide bonds. The van der Waals surface area contributed by atoms with E-state index >= 15 is 0 Å². The van der Waals surface area contributed by atoms with Crippen molar-refractivity contribution in [1.82, 2.24) is 0 Å². The average Bonchev–Trinajstić information content (AvgIpc) is 2.25. The van der Waals surface area contributed by atoms with E-state index in [1.54, 1.807) is 0 Å². The lowest BCUT2D eigenvalue weighted by molar-refractivity contribution is 0.249. The van der Waals surface area contributed by atoms with Crippen LogP contribution < -0.4 is 11.1 Å². The maximum absolute atomic E-state index is 9.26. The number of nitrogens with one attached hydrogen (secondary N) is 1. The first-order valence-corrected chi connectivity index (χ1v) is 5.82. The molecule has 0 saturated heterocycles. The van der Waals surface area contributed by atoms with E-state index in [1.807, 2.05) is 18.2 Å². The summed E-state index contributed by atoms with van der Waals surface area (Å²) in [4.78, 5) is 0. The van der Waals surface area contributed by atoms with Gasteiger partial charge in [0.25, 0.3) is 0 Å². The van der Waals surface area contributed by atoms with E-state index in [2.05, 4.69) is 19.2 Å². The number of anilines is 1. The number of hydrogen-bond donors (Lipinski definition) is 3. The van der Waals surface area contributed by atoms with Gasteiger partial charge in [-0.1, -0.05) is 31.5 Å². The Balaban J connectivity index is 2.89. The van der Waals surface area contributed by atoms with Gasteiger partial charge in [0.05, 0.1) is 12.6 Å². The van der Waals surface area contributed by atoms with E-state index in [0.717, 1.165) is 11.3 Å². The molecule has 0 radical (unpaired) electrons. The molecule has 4 N–H and O–H groups in total. The predicted molar refractivity (Wildman–Crippen MR) is 68.7 cm³/mol. The predicted octanol–water partition coefficient (Wildman–Crippen LogP) is 2.23. The molecule has 0 bridgehead atoms. The second kappa shape index (κ2) is 6.09. The molecule has 1 aromatic rings. The van der Waals surface area contributed by atoms with E-state index in [0.29, 0.717) is 17.5 Å². The van der Waals surface area contributed by atoms with E-state index in [1.165, 1.54) is 0 Å². The number of aliphatic hydroxyl groups is 1. The van der Waals surface area contributed by atoms with Gasteiger partial charge in [-0.3, -0.25) is 0 Å². The normalized spacial score (nSPS) is 12.9. The number of hydrogen-bond acceptors (Lipinski definition) is 3. The van der Waals surface area contributed by atoms with E-state index in [9.17, 15) is 5.11 Å². The minimum absolute atomic E-state index is 0.0174. The molecule has 0 aromatic heterocycles. The van der Waals surface area contributed by atoms with Gasteiger partial charge < -0.3 is 16.2 Å². The number of halogens is 1. The highest BCUT2D eigenvalue weighted by atomic mass is 35.5. The van der Waals surface area contributed by atoms with Gasteiger partial charge in [0.2, 0.25) is 0 Å². The van der Waals surface area contributed by atoms with Gasteiger partial charge in [-0.05, 0) is 23.6 Å². The van der Waals surface area contributed by atoms with Gasteiger partial charge in [-0.2, -0.15) is 0 Å². The lowest BCUT2D eigenvalue weighted by atomic mass is 10.0. The van der Waals surface area contributed by atoms with Crippen LogP contribution in [-0.4, -0.2) is 17.8 Å². The highest BCUT2D eigenvalue weighted by Crippen LogP contribution is 2.22. The number of aliphatic hydroxyl groups excluding tert-OH is 1. The Morgan fingerprint density at radius 1 is 1.44 bits per heavy atom. The van der Waals surface area contributed by atoms with Crippen LogP contribution >= 0.6 is 11.6 Å². The number of rotatable bonds is 5. The fourth-order valence-electron chi connectivity index (χ4n) is 1.48. The van der Waals surface area contributed by atoms with Gasteiger partial charge in [0.1, 0.15) is 0 Å². The Labute approximate surface area is 102 Å². The molecule has 0 aliphatic rings. The minimum atomic E-state index is 0.0174. The van der Waals surface area contributed by atoms with Gasteiger partial charge in [0.15, 0.2) is 0 Å². The summed E-state index contributed by atoms with van der Waals surface area (Å²) in [5, 5.41) is 13.2. The average molecular weight is 243 g/mol. The molecular weight excluding hydrogens is 224 g/mol. The Bertz CT molecular complexity index is 342. The third-order valence-corrected chi connectivity index (χ3v) is 2.87. The Kier molecular flexibility index (Phi) is 5.06. The fourth-order valence-corrected chi connectivity index (χ4v) is 1.66. The number of benzene rings is 1. The lowest BCUT2D eigenvalue weighted by Gasteiger charge is -2.23. The maximum Gasteiger partial charge on any atom is 0.0635 e. The van der Waals surface area contributed by atoms with E-state index in [-0.39, 0.29) is 12.6 Å². The summed E-state index contributed by atoms with van der Waals surface area (Å²) in [6.45, 7) is 4.66. The molecule has 0 aliphatic heterocycles. The third-order valence-electron chi connectivity index (χ3n) is 2.63. The zero-order chi connectivity index (χ0) is 12.1. The lowest BCUT2D eigenvalue weighted by Crippen LogP contribution is -2.30. The topological polar surface area (TPSA) is 58.3 Å². The monoisotopic (exact) mass is 242 g/mol. The molecule has 0 unspecified atom stereocenters. The Morgan fingerprint density at radius 3 is 2.62 bits per heavy atom. The fraction of sp³-hybridized carbons (Fsp3) is 0.500. The number of nitrogens with two attached hydrogens (primary N) is 1. The summed E-state index contributed by atoms with van der Waals surface area (Å²) in [5.74, 6) is 0.342. The van der Waals surface area contributed by atoms with Crippen LogP contribution in [0.2, 0.25) is 5.02 Å². The van der Waals surface area contributed by atoms with Gasteiger partial charge in [-0.25, -0.2) is 0 Å². The molecule has 0 heterocycles. The van der Waals surface area contributed by atoms with Crippen LogP contribution in [0.15, 0.2) is 18.2 Å². The van der Waals surface area contributed by atoms with Crippen molar-refractivity contribution in [2.45, 2.75) is 26.4 Å². The van der Waals surface area contributed by atoms with Crippen molar-refractivity contribution in [2.75, 3.05) is 11.9 Å². The summed E-state index contributed by atoms with van der Waals surface area (Å²) in [6.07, 6.45) is 0. The van der Waals surface area contributed by atoms with Gasteiger partial charge in [0, 0.05) is 17.3 Å². The van der Waals surface area contributed by atoms with Crippen molar-refractivity contribution >= 4 is 17.3 Å². The molecule has 1 atom stereocenters. The Hall–Kier alpha value is -0.770. The summed E-state index contributed by atoms with van der Waals surface area (Å²) in [5.41, 5.74) is 7.56. The van der Waals surface area contributed by atoms with Gasteiger partial charge in [-0.15, -0.1) is 0 Å². The van der Waals surface area contributed by atoms with Crippen molar-refractivity contribution < 1.29 is 5.11 Å². The highest BCUT2D eigenvalue weighted by Gasteiger charge is 2.13. The second-order valence-corrected chi connectivity index (χ2v) is 4.62. The first-order valence-electron chi connectivity index (χ1n) is 5.44. The van der Waals surface area contributed by atoms with Crippen molar-refractivity contribution in [2.24, 2.45) is 11.7 Å². The molecule has 0 saturated carbocycles. The Morgan fingerprint density at radius 2 is 2.12 bits per heavy atom. The van der Waals surface area contributed by atoms with Crippen LogP contribution in [-0.2, 0) is 6.54 Å². The molecule has 4 heteroatoms. The summed E-state index contributed by atoms with van der Waals surface area (Å²) in [6, 6.07) is 5.58. The molecule has 1 rings (SSSR count). The van der Waals surface area contributed by atoms with Crippen LogP contribution in [0.3, 0.4) is 0 Å². The minimum Gasteiger partial charge on any atom is -0.394 e. The molecule has 1 aromatic carbocycles. The third kappa shape index (κ3) is 3.37. The molecule has 16 heavy (non-hydrogen) atoms. The zero-order valence-electron chi connectivity index (χ0n) is 9.70. The van der Waals surface area contributed by atoms with Gasteiger partial charge >= 0.3 is 0 Å². The molecule has 0 aliphatic carbocycles. The molecule has 0 spiro atoms. The quantitative estimate of drug-likeness (QED) is 0.742. The van der Waals surface area contributed by atoms with Crippen LogP contribution in [0.25, 0.3) is 0 Å². The first-order chi connectivity index (χ1) is 7.58. The highest BCUT2D eigenvalue weighted by molar-refractivity contribution is 6.30. The van der Waals surface area contributed by atoms with Crippen LogP contribution in [0, 0.1) is 5.92 Å². The van der Waals surface area contributed by atoms with Crippen molar-refractivity contribution in [1.29, 1.82) is 0 Å². The smallest absolute Gasteiger partial charge is 0.0635 e. The summed E-state index contributed by atoms with van der Waals surface area (Å²) >= 11 is 5.94. The molecular formula is C12H19ClN2O. The zero-order valence-corrected chi connectivity index (χ0v) is 10.5. The summed E-state index contributed by atoms with van der Waals surface area (Å²) < 4.78 is 0. The van der Waals surface area contributed by atoms with E-state index < -0.39 is 0 Å². The van der Waals surface area contributed by atoms with Crippen molar-refractivity contribution in [3.05, 3.63) is 28.8 Å². The van der Waals surface area contributed by atoms with Crippen LogP contribution in [0.1, 0.15) is 19.4 Å². The van der Waals surface area contributed by atoms with Crippen LogP contribution in [0.5, 0.6) is 0 Å². The standard InChI is InChI=1S/C12H19ClN2O/c1-8(2)12(7-16)15-11-5-10(13)4-3-9(11)6-14/h3-5,8,12,15-16H,6-7,14H2,1-2H3/t12-/m1/s1. The second-order valence-electron chi connectivity index (χ2n) is 4.18. The van der Waals surface area contributed by atoms with Crippen LogP contribution in [0.4, 0.5) is 5.69 Å². The van der Waals surface area contributed by atoms with Crippen molar-refractivity contribution in [3.63, 3.8) is 0 Å². The van der Waals surface area contributed by atoms with E-state index in [4.69, 9.17) is 17.3 Å². The molecule has 0 fully saturated rings. The molecule has 3 nitrogen and oxygen atoms in total. The first kappa shape index (κ1) is 13.3. The maximum atomic E-state index is 9.26. The molecule has 90 valence electrons. The SMILES string of the molecule is CC(C)[C@@H](CO)Nc1cc(Cl)ccc1CN. The van der Waals surface area contributed by atoms with Crippen molar-refractivity contribution in [3.8, 4) is 0 Å².